The fraction of sp³-hybridized carbons (Fsp3) is 0.118. The van der Waals surface area contributed by atoms with E-state index in [2.05, 4.69) is 0 Å². The topological polar surface area (TPSA) is 39.4 Å². The predicted octanol–water partition coefficient (Wildman–Crippen LogP) is 4.93. The Morgan fingerprint density at radius 3 is 2.43 bits per heavy atom. The summed E-state index contributed by atoms with van der Waals surface area (Å²) in [6.07, 6.45) is 0. The number of halogens is 1. The number of benzene rings is 2. The highest BCUT2D eigenvalue weighted by atomic mass is 35.5. The van der Waals surface area contributed by atoms with Crippen molar-refractivity contribution in [3.63, 3.8) is 0 Å². The van der Waals surface area contributed by atoms with E-state index in [1.807, 2.05) is 36.4 Å². The molecule has 0 saturated carbocycles. The van der Waals surface area contributed by atoms with Gasteiger partial charge in [0.15, 0.2) is 0 Å². The van der Waals surface area contributed by atoms with Crippen molar-refractivity contribution in [2.75, 3.05) is 6.61 Å². The number of carbonyl (C=O) groups excluding carboxylic acids is 1. The van der Waals surface area contributed by atoms with Crippen LogP contribution in [0.4, 0.5) is 0 Å². The summed E-state index contributed by atoms with van der Waals surface area (Å²) in [5.41, 5.74) is 0.867. The monoisotopic (exact) mass is 300 g/mol. The van der Waals surface area contributed by atoms with Gasteiger partial charge in [0.1, 0.15) is 5.76 Å². The molecule has 0 radical (unpaired) electrons. The van der Waals surface area contributed by atoms with Crippen LogP contribution in [-0.4, -0.2) is 12.6 Å². The Kier molecular flexibility index (Phi) is 3.67. The summed E-state index contributed by atoms with van der Waals surface area (Å²) in [6.45, 7) is 2.08. The third kappa shape index (κ3) is 2.52. The molecule has 1 aromatic heterocycles. The van der Waals surface area contributed by atoms with Gasteiger partial charge in [0.2, 0.25) is 5.76 Å². The molecular weight excluding hydrogens is 288 g/mol. The van der Waals surface area contributed by atoms with E-state index in [0.717, 1.165) is 16.3 Å². The third-order valence-corrected chi connectivity index (χ3v) is 3.44. The standard InChI is InChI=1S/C17H13ClO3/c1-2-20-17(19)16-14-6-4-3-5-13(14)15(21-16)11-7-9-12(18)10-8-11/h3-10H,2H2,1H3. The summed E-state index contributed by atoms with van der Waals surface area (Å²) in [5, 5.41) is 2.28. The molecule has 0 amide bonds. The number of carbonyl (C=O) groups is 1. The van der Waals surface area contributed by atoms with Crippen molar-refractivity contribution < 1.29 is 13.9 Å². The van der Waals surface area contributed by atoms with Crippen molar-refractivity contribution in [2.45, 2.75) is 6.92 Å². The van der Waals surface area contributed by atoms with Crippen molar-refractivity contribution in [1.82, 2.24) is 0 Å². The molecule has 0 aliphatic carbocycles. The first-order chi connectivity index (χ1) is 10.2. The maximum absolute atomic E-state index is 12.0. The van der Waals surface area contributed by atoms with E-state index in [1.54, 1.807) is 19.1 Å². The minimum Gasteiger partial charge on any atom is -0.460 e. The molecule has 0 bridgehead atoms. The number of hydrogen-bond acceptors (Lipinski definition) is 3. The first kappa shape index (κ1) is 13.7. The summed E-state index contributed by atoms with van der Waals surface area (Å²) in [4.78, 5) is 12.0. The highest BCUT2D eigenvalue weighted by Gasteiger charge is 2.20. The Morgan fingerprint density at radius 1 is 1.10 bits per heavy atom. The van der Waals surface area contributed by atoms with Gasteiger partial charge in [-0.05, 0) is 31.2 Å². The molecule has 0 fully saturated rings. The second kappa shape index (κ2) is 5.62. The lowest BCUT2D eigenvalue weighted by Crippen LogP contribution is -2.03. The van der Waals surface area contributed by atoms with Crippen LogP contribution in [0.5, 0.6) is 0 Å². The largest absolute Gasteiger partial charge is 0.460 e. The molecule has 21 heavy (non-hydrogen) atoms. The van der Waals surface area contributed by atoms with Crippen LogP contribution in [0.2, 0.25) is 5.02 Å². The highest BCUT2D eigenvalue weighted by Crippen LogP contribution is 2.34. The van der Waals surface area contributed by atoms with E-state index in [0.29, 0.717) is 17.4 Å². The maximum Gasteiger partial charge on any atom is 0.374 e. The number of furan rings is 1. The molecule has 4 heteroatoms. The molecule has 0 atom stereocenters. The van der Waals surface area contributed by atoms with Crippen LogP contribution in [-0.2, 0) is 4.74 Å². The van der Waals surface area contributed by atoms with Crippen LogP contribution in [0.3, 0.4) is 0 Å². The van der Waals surface area contributed by atoms with Crippen LogP contribution in [0.25, 0.3) is 22.1 Å². The summed E-state index contributed by atoms with van der Waals surface area (Å²) in [5.74, 6) is 0.427. The Bertz CT molecular complexity index is 787. The van der Waals surface area contributed by atoms with Crippen molar-refractivity contribution >= 4 is 28.3 Å². The lowest BCUT2D eigenvalue weighted by atomic mass is 10.1. The minimum absolute atomic E-state index is 0.234. The molecule has 3 rings (SSSR count). The summed E-state index contributed by atoms with van der Waals surface area (Å²) >= 11 is 5.91. The number of rotatable bonds is 3. The Hall–Kier alpha value is -2.26. The lowest BCUT2D eigenvalue weighted by Gasteiger charge is -1.99. The molecule has 0 N–H and O–H groups in total. The van der Waals surface area contributed by atoms with E-state index < -0.39 is 5.97 Å². The average molecular weight is 301 g/mol. The van der Waals surface area contributed by atoms with Crippen LogP contribution < -0.4 is 0 Å². The first-order valence-electron chi connectivity index (χ1n) is 6.65. The normalized spacial score (nSPS) is 10.8. The van der Waals surface area contributed by atoms with Gasteiger partial charge in [0.05, 0.1) is 6.61 Å². The van der Waals surface area contributed by atoms with Gasteiger partial charge in [0.25, 0.3) is 0 Å². The summed E-state index contributed by atoms with van der Waals surface area (Å²) in [7, 11) is 0. The lowest BCUT2D eigenvalue weighted by molar-refractivity contribution is 0.0494. The number of ether oxygens (including phenoxy) is 1. The zero-order chi connectivity index (χ0) is 14.8. The fourth-order valence-electron chi connectivity index (χ4n) is 2.26. The summed E-state index contributed by atoms with van der Waals surface area (Å²) in [6, 6.07) is 14.9. The van der Waals surface area contributed by atoms with Gasteiger partial charge in [-0.15, -0.1) is 0 Å². The zero-order valence-corrected chi connectivity index (χ0v) is 12.2. The zero-order valence-electron chi connectivity index (χ0n) is 11.4. The quantitative estimate of drug-likeness (QED) is 0.644. The van der Waals surface area contributed by atoms with E-state index in [4.69, 9.17) is 20.8 Å². The molecule has 0 unspecified atom stereocenters. The predicted molar refractivity (Wildman–Crippen MR) is 82.6 cm³/mol. The van der Waals surface area contributed by atoms with Gasteiger partial charge in [0, 0.05) is 21.4 Å². The van der Waals surface area contributed by atoms with Gasteiger partial charge < -0.3 is 9.15 Å². The smallest absolute Gasteiger partial charge is 0.374 e. The second-order valence-corrected chi connectivity index (χ2v) is 4.97. The molecule has 0 aliphatic heterocycles. The van der Waals surface area contributed by atoms with E-state index in [9.17, 15) is 4.79 Å². The average Bonchev–Trinajstić information content (AvgIpc) is 2.88. The fourth-order valence-corrected chi connectivity index (χ4v) is 2.38. The Labute approximate surface area is 127 Å². The van der Waals surface area contributed by atoms with Gasteiger partial charge in [-0.25, -0.2) is 4.79 Å². The third-order valence-electron chi connectivity index (χ3n) is 3.19. The maximum atomic E-state index is 12.0. The van der Waals surface area contributed by atoms with Gasteiger partial charge in [-0.2, -0.15) is 0 Å². The SMILES string of the molecule is CCOC(=O)c1oc(-c2ccc(Cl)cc2)c2ccccc12. The first-order valence-corrected chi connectivity index (χ1v) is 7.03. The molecular formula is C17H13ClO3. The Morgan fingerprint density at radius 2 is 1.76 bits per heavy atom. The molecule has 1 heterocycles. The number of fused-ring (bicyclic) bond motifs is 1. The van der Waals surface area contributed by atoms with Gasteiger partial charge in [-0.1, -0.05) is 35.9 Å². The molecule has 3 nitrogen and oxygen atoms in total. The van der Waals surface area contributed by atoms with Crippen LogP contribution in [0.1, 0.15) is 17.5 Å². The summed E-state index contributed by atoms with van der Waals surface area (Å²) < 4.78 is 10.8. The number of hydrogen-bond donors (Lipinski definition) is 0. The van der Waals surface area contributed by atoms with Crippen LogP contribution in [0.15, 0.2) is 52.9 Å². The van der Waals surface area contributed by atoms with E-state index in [1.165, 1.54) is 0 Å². The second-order valence-electron chi connectivity index (χ2n) is 4.53. The minimum atomic E-state index is -0.450. The molecule has 2 aromatic carbocycles. The van der Waals surface area contributed by atoms with Crippen LogP contribution in [0, 0.1) is 0 Å². The van der Waals surface area contributed by atoms with Crippen molar-refractivity contribution in [3.8, 4) is 11.3 Å². The number of esters is 1. The van der Waals surface area contributed by atoms with Gasteiger partial charge >= 0.3 is 5.97 Å². The molecule has 0 saturated heterocycles. The Balaban J connectivity index is 2.19. The molecule has 106 valence electrons. The molecule has 0 aliphatic rings. The van der Waals surface area contributed by atoms with Crippen LogP contribution >= 0.6 is 11.6 Å². The van der Waals surface area contributed by atoms with E-state index >= 15 is 0 Å². The highest BCUT2D eigenvalue weighted by molar-refractivity contribution is 6.30. The molecule has 0 spiro atoms. The van der Waals surface area contributed by atoms with Crippen molar-refractivity contribution in [3.05, 3.63) is 59.3 Å². The van der Waals surface area contributed by atoms with Crippen molar-refractivity contribution in [2.24, 2.45) is 0 Å². The van der Waals surface area contributed by atoms with Crippen molar-refractivity contribution in [1.29, 1.82) is 0 Å². The van der Waals surface area contributed by atoms with E-state index in [-0.39, 0.29) is 5.76 Å². The molecule has 3 aromatic rings. The van der Waals surface area contributed by atoms with Gasteiger partial charge in [-0.3, -0.25) is 0 Å².